The number of halogens is 1. The second-order valence-electron chi connectivity index (χ2n) is 5.66. The van der Waals surface area contributed by atoms with E-state index in [4.69, 9.17) is 5.26 Å². The van der Waals surface area contributed by atoms with E-state index in [2.05, 4.69) is 0 Å². The van der Waals surface area contributed by atoms with E-state index in [1.165, 1.54) is 12.1 Å². The maximum atomic E-state index is 13.7. The van der Waals surface area contributed by atoms with Crippen LogP contribution in [0.3, 0.4) is 0 Å². The summed E-state index contributed by atoms with van der Waals surface area (Å²) in [5, 5.41) is 19.5. The molecule has 3 rings (SSSR count). The van der Waals surface area contributed by atoms with E-state index in [0.717, 1.165) is 31.5 Å². The molecule has 4 heteroatoms. The zero-order chi connectivity index (χ0) is 13.6. The Morgan fingerprint density at radius 3 is 2.79 bits per heavy atom. The Kier molecular flexibility index (Phi) is 2.75. The molecule has 0 spiro atoms. The van der Waals surface area contributed by atoms with Crippen molar-refractivity contribution in [2.75, 3.05) is 11.4 Å². The Labute approximate surface area is 112 Å². The van der Waals surface area contributed by atoms with E-state index < -0.39 is 11.4 Å². The summed E-state index contributed by atoms with van der Waals surface area (Å²) >= 11 is 0. The van der Waals surface area contributed by atoms with E-state index in [9.17, 15) is 9.50 Å². The maximum Gasteiger partial charge on any atom is 0.143 e. The van der Waals surface area contributed by atoms with Crippen LogP contribution < -0.4 is 4.90 Å². The SMILES string of the molecule is CC1N(c2ccc(C#N)c(F)c2)CCC1(O)C1CC1. The summed E-state index contributed by atoms with van der Waals surface area (Å²) in [4.78, 5) is 2.04. The number of nitrogens with zero attached hydrogens (tertiary/aromatic N) is 2. The lowest BCUT2D eigenvalue weighted by atomic mass is 9.90. The van der Waals surface area contributed by atoms with Gasteiger partial charge < -0.3 is 10.0 Å². The van der Waals surface area contributed by atoms with Gasteiger partial charge in [0, 0.05) is 12.2 Å². The second kappa shape index (κ2) is 4.21. The lowest BCUT2D eigenvalue weighted by Crippen LogP contribution is -2.44. The van der Waals surface area contributed by atoms with Gasteiger partial charge in [0.2, 0.25) is 0 Å². The highest BCUT2D eigenvalue weighted by Crippen LogP contribution is 2.48. The molecule has 2 aliphatic rings. The van der Waals surface area contributed by atoms with Crippen LogP contribution in [0, 0.1) is 23.1 Å². The first-order valence-corrected chi connectivity index (χ1v) is 6.75. The summed E-state index contributed by atoms with van der Waals surface area (Å²) in [6.45, 7) is 2.74. The molecule has 1 aromatic carbocycles. The van der Waals surface area contributed by atoms with Gasteiger partial charge in [0.05, 0.1) is 17.2 Å². The first kappa shape index (κ1) is 12.4. The molecule has 0 amide bonds. The highest BCUT2D eigenvalue weighted by molar-refractivity contribution is 5.53. The predicted molar refractivity (Wildman–Crippen MR) is 70.2 cm³/mol. The molecule has 0 aromatic heterocycles. The number of nitriles is 1. The molecule has 1 aliphatic carbocycles. The minimum Gasteiger partial charge on any atom is -0.387 e. The Bertz CT molecular complexity index is 550. The van der Waals surface area contributed by atoms with Gasteiger partial charge in [-0.2, -0.15) is 5.26 Å². The van der Waals surface area contributed by atoms with Crippen molar-refractivity contribution >= 4 is 5.69 Å². The first-order chi connectivity index (χ1) is 9.06. The van der Waals surface area contributed by atoms with Crippen molar-refractivity contribution in [3.63, 3.8) is 0 Å². The molecule has 2 unspecified atom stereocenters. The number of hydrogen-bond donors (Lipinski definition) is 1. The Morgan fingerprint density at radius 1 is 1.47 bits per heavy atom. The monoisotopic (exact) mass is 260 g/mol. The van der Waals surface area contributed by atoms with Gasteiger partial charge in [-0.1, -0.05) is 0 Å². The molecule has 100 valence electrons. The fraction of sp³-hybridized carbons (Fsp3) is 0.533. The molecule has 1 saturated heterocycles. The molecule has 1 heterocycles. The number of anilines is 1. The topological polar surface area (TPSA) is 47.3 Å². The number of rotatable bonds is 2. The first-order valence-electron chi connectivity index (χ1n) is 6.75. The molecule has 2 fully saturated rings. The molecule has 1 N–H and O–H groups in total. The minimum absolute atomic E-state index is 0.00710. The largest absolute Gasteiger partial charge is 0.387 e. The highest BCUT2D eigenvalue weighted by atomic mass is 19.1. The number of benzene rings is 1. The second-order valence-corrected chi connectivity index (χ2v) is 5.66. The van der Waals surface area contributed by atoms with Crippen LogP contribution in [0.2, 0.25) is 0 Å². The van der Waals surface area contributed by atoms with Crippen molar-refractivity contribution in [2.24, 2.45) is 5.92 Å². The molecule has 0 radical (unpaired) electrons. The molecule has 0 bridgehead atoms. The van der Waals surface area contributed by atoms with Crippen molar-refractivity contribution in [3.8, 4) is 6.07 Å². The summed E-state index contributed by atoms with van der Waals surface area (Å²) in [5.74, 6) is -0.0928. The van der Waals surface area contributed by atoms with Gasteiger partial charge >= 0.3 is 0 Å². The van der Waals surface area contributed by atoms with Crippen LogP contribution in [0.15, 0.2) is 18.2 Å². The van der Waals surface area contributed by atoms with E-state index in [1.54, 1.807) is 6.07 Å². The average Bonchev–Trinajstić information content (AvgIpc) is 3.19. The lowest BCUT2D eigenvalue weighted by molar-refractivity contribution is 0.0142. The summed E-state index contributed by atoms with van der Waals surface area (Å²) in [6, 6.07) is 6.48. The predicted octanol–water partition coefficient (Wildman–Crippen LogP) is 2.44. The van der Waals surface area contributed by atoms with Gasteiger partial charge in [-0.3, -0.25) is 0 Å². The van der Waals surface area contributed by atoms with Crippen molar-refractivity contribution < 1.29 is 9.50 Å². The van der Waals surface area contributed by atoms with Crippen molar-refractivity contribution in [3.05, 3.63) is 29.6 Å². The molecule has 3 nitrogen and oxygen atoms in total. The number of hydrogen-bond acceptors (Lipinski definition) is 3. The molecule has 1 aliphatic heterocycles. The normalized spacial score (nSPS) is 30.4. The van der Waals surface area contributed by atoms with Crippen LogP contribution in [0.1, 0.15) is 31.7 Å². The van der Waals surface area contributed by atoms with Gasteiger partial charge in [-0.15, -0.1) is 0 Å². The fourth-order valence-electron chi connectivity index (χ4n) is 3.23. The zero-order valence-electron chi connectivity index (χ0n) is 10.9. The van der Waals surface area contributed by atoms with Crippen LogP contribution in [-0.2, 0) is 0 Å². The van der Waals surface area contributed by atoms with Gasteiger partial charge in [0.15, 0.2) is 0 Å². The van der Waals surface area contributed by atoms with Gasteiger partial charge in [-0.05, 0) is 50.3 Å². The van der Waals surface area contributed by atoms with Crippen LogP contribution in [0.25, 0.3) is 0 Å². The highest BCUT2D eigenvalue weighted by Gasteiger charge is 2.52. The molecular formula is C15H17FN2O. The number of aliphatic hydroxyl groups is 1. The van der Waals surface area contributed by atoms with E-state index >= 15 is 0 Å². The Balaban J connectivity index is 1.87. The molecule has 1 saturated carbocycles. The average molecular weight is 260 g/mol. The van der Waals surface area contributed by atoms with Crippen molar-refractivity contribution in [1.82, 2.24) is 0 Å². The van der Waals surface area contributed by atoms with Gasteiger partial charge in [0.1, 0.15) is 11.9 Å². The maximum absolute atomic E-state index is 13.7. The Morgan fingerprint density at radius 2 is 2.21 bits per heavy atom. The van der Waals surface area contributed by atoms with E-state index in [-0.39, 0.29) is 11.6 Å². The van der Waals surface area contributed by atoms with Crippen LogP contribution in [0.4, 0.5) is 10.1 Å². The summed E-state index contributed by atoms with van der Waals surface area (Å²) in [5.41, 5.74) is 0.179. The van der Waals surface area contributed by atoms with Crippen molar-refractivity contribution in [1.29, 1.82) is 5.26 Å². The quantitative estimate of drug-likeness (QED) is 0.888. The standard InChI is InChI=1S/C15H17FN2O/c1-10-15(19,12-3-4-12)6-7-18(10)13-5-2-11(9-17)14(16)8-13/h2,5,8,10,12,19H,3-4,6-7H2,1H3. The van der Waals surface area contributed by atoms with Crippen molar-refractivity contribution in [2.45, 2.75) is 37.8 Å². The van der Waals surface area contributed by atoms with E-state index in [0.29, 0.717) is 5.92 Å². The Hall–Kier alpha value is -1.60. The van der Waals surface area contributed by atoms with E-state index in [1.807, 2.05) is 17.9 Å². The smallest absolute Gasteiger partial charge is 0.143 e. The molecule has 2 atom stereocenters. The van der Waals surface area contributed by atoms with Gasteiger partial charge in [0.25, 0.3) is 0 Å². The molecular weight excluding hydrogens is 243 g/mol. The van der Waals surface area contributed by atoms with Gasteiger partial charge in [-0.25, -0.2) is 4.39 Å². The summed E-state index contributed by atoms with van der Waals surface area (Å²) in [7, 11) is 0. The third-order valence-corrected chi connectivity index (χ3v) is 4.63. The summed E-state index contributed by atoms with van der Waals surface area (Å²) in [6.07, 6.45) is 2.92. The summed E-state index contributed by atoms with van der Waals surface area (Å²) < 4.78 is 13.7. The fourth-order valence-corrected chi connectivity index (χ4v) is 3.23. The van der Waals surface area contributed by atoms with Crippen LogP contribution in [0.5, 0.6) is 0 Å². The third-order valence-electron chi connectivity index (χ3n) is 4.63. The lowest BCUT2D eigenvalue weighted by Gasteiger charge is -2.32. The molecule has 1 aromatic rings. The minimum atomic E-state index is -0.635. The van der Waals surface area contributed by atoms with Crippen LogP contribution in [-0.4, -0.2) is 23.3 Å². The zero-order valence-corrected chi connectivity index (χ0v) is 10.9. The third kappa shape index (κ3) is 1.89. The molecule has 19 heavy (non-hydrogen) atoms. The van der Waals surface area contributed by atoms with Crippen LogP contribution >= 0.6 is 0 Å².